The standard InChI is InChI=1S/C11H13BrN2/c1-2-10(6-7-13)14-11-5-3-4-9(12)8-11/h3-5,8,10,14H,2,6H2,1H3. The first-order valence-corrected chi connectivity index (χ1v) is 5.44. The summed E-state index contributed by atoms with van der Waals surface area (Å²) in [7, 11) is 0. The van der Waals surface area contributed by atoms with Crippen molar-refractivity contribution in [2.45, 2.75) is 25.8 Å². The molecule has 0 aliphatic rings. The summed E-state index contributed by atoms with van der Waals surface area (Å²) in [6.07, 6.45) is 1.50. The van der Waals surface area contributed by atoms with Gasteiger partial charge in [0.25, 0.3) is 0 Å². The van der Waals surface area contributed by atoms with E-state index in [2.05, 4.69) is 34.2 Å². The molecular formula is C11H13BrN2. The molecule has 0 amide bonds. The number of nitriles is 1. The van der Waals surface area contributed by atoms with Crippen molar-refractivity contribution in [3.8, 4) is 6.07 Å². The maximum Gasteiger partial charge on any atom is 0.0643 e. The van der Waals surface area contributed by atoms with Gasteiger partial charge in [-0.3, -0.25) is 0 Å². The smallest absolute Gasteiger partial charge is 0.0643 e. The molecule has 0 heterocycles. The van der Waals surface area contributed by atoms with E-state index in [-0.39, 0.29) is 6.04 Å². The highest BCUT2D eigenvalue weighted by Crippen LogP contribution is 2.17. The van der Waals surface area contributed by atoms with Gasteiger partial charge in [-0.25, -0.2) is 0 Å². The third-order valence-corrected chi connectivity index (χ3v) is 2.52. The van der Waals surface area contributed by atoms with Crippen LogP contribution < -0.4 is 5.32 Å². The molecule has 2 nitrogen and oxygen atoms in total. The molecule has 1 aromatic rings. The van der Waals surface area contributed by atoms with Crippen LogP contribution >= 0.6 is 15.9 Å². The molecule has 3 heteroatoms. The van der Waals surface area contributed by atoms with Gasteiger partial charge in [0.1, 0.15) is 0 Å². The fourth-order valence-corrected chi connectivity index (χ4v) is 1.62. The van der Waals surface area contributed by atoms with Crippen LogP contribution in [0, 0.1) is 11.3 Å². The van der Waals surface area contributed by atoms with E-state index in [1.54, 1.807) is 0 Å². The van der Waals surface area contributed by atoms with E-state index >= 15 is 0 Å². The molecule has 0 fully saturated rings. The second kappa shape index (κ2) is 5.66. The lowest BCUT2D eigenvalue weighted by Gasteiger charge is -2.14. The molecular weight excluding hydrogens is 240 g/mol. The predicted octanol–water partition coefficient (Wildman–Crippen LogP) is 3.55. The summed E-state index contributed by atoms with van der Waals surface area (Å²) in [5.74, 6) is 0. The molecule has 0 saturated heterocycles. The molecule has 0 saturated carbocycles. The first-order valence-electron chi connectivity index (χ1n) is 4.65. The first kappa shape index (κ1) is 11.1. The van der Waals surface area contributed by atoms with Crippen LogP contribution in [0.2, 0.25) is 0 Å². The number of hydrogen-bond acceptors (Lipinski definition) is 2. The summed E-state index contributed by atoms with van der Waals surface area (Å²) in [5.41, 5.74) is 1.06. The topological polar surface area (TPSA) is 35.8 Å². The van der Waals surface area contributed by atoms with Gasteiger partial charge in [0, 0.05) is 16.2 Å². The van der Waals surface area contributed by atoms with E-state index in [1.165, 1.54) is 0 Å². The second-order valence-corrected chi connectivity index (χ2v) is 4.04. The van der Waals surface area contributed by atoms with Crippen LogP contribution in [0.25, 0.3) is 0 Å². The zero-order valence-corrected chi connectivity index (χ0v) is 9.71. The van der Waals surface area contributed by atoms with Crippen LogP contribution in [0.4, 0.5) is 5.69 Å². The summed E-state index contributed by atoms with van der Waals surface area (Å²) in [5, 5.41) is 11.9. The van der Waals surface area contributed by atoms with Crippen LogP contribution in [-0.2, 0) is 0 Å². The minimum atomic E-state index is 0.245. The minimum absolute atomic E-state index is 0.245. The summed E-state index contributed by atoms with van der Waals surface area (Å²) in [4.78, 5) is 0. The Labute approximate surface area is 93.1 Å². The van der Waals surface area contributed by atoms with E-state index in [1.807, 2.05) is 24.3 Å². The Kier molecular flexibility index (Phi) is 4.48. The number of anilines is 1. The largest absolute Gasteiger partial charge is 0.381 e. The highest BCUT2D eigenvalue weighted by Gasteiger charge is 2.04. The number of nitrogens with one attached hydrogen (secondary N) is 1. The average Bonchev–Trinajstić information content (AvgIpc) is 2.17. The van der Waals surface area contributed by atoms with Gasteiger partial charge in [0.05, 0.1) is 12.5 Å². The van der Waals surface area contributed by atoms with Crippen molar-refractivity contribution in [1.29, 1.82) is 5.26 Å². The van der Waals surface area contributed by atoms with Crippen molar-refractivity contribution < 1.29 is 0 Å². The Balaban J connectivity index is 2.63. The van der Waals surface area contributed by atoms with Gasteiger partial charge in [-0.15, -0.1) is 0 Å². The van der Waals surface area contributed by atoms with Crippen molar-refractivity contribution in [2.75, 3.05) is 5.32 Å². The first-order chi connectivity index (χ1) is 6.76. The Morgan fingerprint density at radius 1 is 1.57 bits per heavy atom. The van der Waals surface area contributed by atoms with E-state index in [4.69, 9.17) is 5.26 Å². The molecule has 0 radical (unpaired) electrons. The van der Waals surface area contributed by atoms with Crippen LogP contribution in [0.1, 0.15) is 19.8 Å². The van der Waals surface area contributed by atoms with E-state index in [9.17, 15) is 0 Å². The highest BCUT2D eigenvalue weighted by atomic mass is 79.9. The van der Waals surface area contributed by atoms with Crippen molar-refractivity contribution >= 4 is 21.6 Å². The van der Waals surface area contributed by atoms with Crippen LogP contribution in [0.3, 0.4) is 0 Å². The van der Waals surface area contributed by atoms with Crippen LogP contribution in [-0.4, -0.2) is 6.04 Å². The SMILES string of the molecule is CCC(CC#N)Nc1cccc(Br)c1. The molecule has 14 heavy (non-hydrogen) atoms. The summed E-state index contributed by atoms with van der Waals surface area (Å²) in [6, 6.07) is 10.4. The Morgan fingerprint density at radius 2 is 2.36 bits per heavy atom. The van der Waals surface area contributed by atoms with Gasteiger partial charge in [-0.1, -0.05) is 28.9 Å². The van der Waals surface area contributed by atoms with Crippen LogP contribution in [0.5, 0.6) is 0 Å². The van der Waals surface area contributed by atoms with E-state index < -0.39 is 0 Å². The Hall–Kier alpha value is -1.01. The quantitative estimate of drug-likeness (QED) is 0.890. The van der Waals surface area contributed by atoms with E-state index in [0.29, 0.717) is 6.42 Å². The zero-order chi connectivity index (χ0) is 10.4. The van der Waals surface area contributed by atoms with Gasteiger partial charge >= 0.3 is 0 Å². The monoisotopic (exact) mass is 252 g/mol. The number of rotatable bonds is 4. The van der Waals surface area contributed by atoms with Gasteiger partial charge in [0.15, 0.2) is 0 Å². The summed E-state index contributed by atoms with van der Waals surface area (Å²) >= 11 is 3.41. The molecule has 1 N–H and O–H groups in total. The number of halogens is 1. The highest BCUT2D eigenvalue weighted by molar-refractivity contribution is 9.10. The Morgan fingerprint density at radius 3 is 2.93 bits per heavy atom. The fraction of sp³-hybridized carbons (Fsp3) is 0.364. The molecule has 74 valence electrons. The number of benzene rings is 1. The maximum absolute atomic E-state index is 8.60. The van der Waals surface area contributed by atoms with Crippen molar-refractivity contribution in [2.24, 2.45) is 0 Å². The summed E-state index contributed by atoms with van der Waals surface area (Å²) in [6.45, 7) is 2.08. The average molecular weight is 253 g/mol. The second-order valence-electron chi connectivity index (χ2n) is 3.12. The third-order valence-electron chi connectivity index (χ3n) is 2.03. The maximum atomic E-state index is 8.60. The predicted molar refractivity (Wildman–Crippen MR) is 62.1 cm³/mol. The van der Waals surface area contributed by atoms with Crippen molar-refractivity contribution in [3.63, 3.8) is 0 Å². The van der Waals surface area contributed by atoms with Crippen LogP contribution in [0.15, 0.2) is 28.7 Å². The van der Waals surface area contributed by atoms with E-state index in [0.717, 1.165) is 16.6 Å². The molecule has 0 aliphatic heterocycles. The molecule has 1 aromatic carbocycles. The molecule has 0 aliphatic carbocycles. The number of nitrogens with zero attached hydrogens (tertiary/aromatic N) is 1. The zero-order valence-electron chi connectivity index (χ0n) is 8.13. The van der Waals surface area contributed by atoms with Crippen molar-refractivity contribution in [3.05, 3.63) is 28.7 Å². The molecule has 1 rings (SSSR count). The minimum Gasteiger partial charge on any atom is -0.381 e. The van der Waals surface area contributed by atoms with Gasteiger partial charge in [0.2, 0.25) is 0 Å². The normalized spacial score (nSPS) is 11.8. The molecule has 0 spiro atoms. The summed E-state index contributed by atoms with van der Waals surface area (Å²) < 4.78 is 1.05. The van der Waals surface area contributed by atoms with Gasteiger partial charge in [-0.2, -0.15) is 5.26 Å². The number of hydrogen-bond donors (Lipinski definition) is 1. The Bertz CT molecular complexity index is 330. The molecule has 1 atom stereocenters. The lowest BCUT2D eigenvalue weighted by molar-refractivity contribution is 0.711. The van der Waals surface area contributed by atoms with Gasteiger partial charge in [-0.05, 0) is 24.6 Å². The third kappa shape index (κ3) is 3.39. The molecule has 1 unspecified atom stereocenters. The lowest BCUT2D eigenvalue weighted by atomic mass is 10.1. The fourth-order valence-electron chi connectivity index (χ4n) is 1.22. The molecule has 0 aromatic heterocycles. The van der Waals surface area contributed by atoms with Gasteiger partial charge < -0.3 is 5.32 Å². The van der Waals surface area contributed by atoms with Crippen molar-refractivity contribution in [1.82, 2.24) is 0 Å². The molecule has 0 bridgehead atoms. The lowest BCUT2D eigenvalue weighted by Crippen LogP contribution is -2.17.